The lowest BCUT2D eigenvalue weighted by molar-refractivity contribution is 0.588. The smallest absolute Gasteiger partial charge is 0.263 e. The number of aromatic amines is 2. The summed E-state index contributed by atoms with van der Waals surface area (Å²) >= 11 is 11.9. The van der Waals surface area contributed by atoms with E-state index in [2.05, 4.69) is 24.9 Å². The van der Waals surface area contributed by atoms with Gasteiger partial charge in [0.1, 0.15) is 16.4 Å². The number of hydrogen-bond acceptors (Lipinski definition) is 4. The second-order valence-corrected chi connectivity index (χ2v) is 9.73. The van der Waals surface area contributed by atoms with Crippen LogP contribution in [-0.2, 0) is 10.0 Å². The Hall–Kier alpha value is -3.47. The highest BCUT2D eigenvalue weighted by Crippen LogP contribution is 2.35. The molecule has 172 valence electrons. The van der Waals surface area contributed by atoms with Crippen molar-refractivity contribution in [2.24, 2.45) is 0 Å². The largest absolute Gasteiger partial charge is 0.343 e. The average molecular weight is 520 g/mol. The fraction of sp³-hybridized carbons (Fsp3) is 0. The molecule has 7 nitrogen and oxygen atoms in total. The van der Waals surface area contributed by atoms with Gasteiger partial charge in [0.05, 0.1) is 21.8 Å². The molecule has 0 radical (unpaired) electrons. The molecule has 3 N–H and O–H groups in total. The van der Waals surface area contributed by atoms with Crippen LogP contribution in [0.4, 0.5) is 14.5 Å². The van der Waals surface area contributed by atoms with Crippen molar-refractivity contribution >= 4 is 49.8 Å². The normalized spacial score (nSPS) is 11.8. The summed E-state index contributed by atoms with van der Waals surface area (Å²) in [6, 6.07) is 10.5. The van der Waals surface area contributed by atoms with Gasteiger partial charge in [0, 0.05) is 22.8 Å². The first-order valence-corrected chi connectivity index (χ1v) is 11.9. The Balaban J connectivity index is 1.56. The molecule has 2 aromatic heterocycles. The van der Waals surface area contributed by atoms with Crippen LogP contribution in [0.15, 0.2) is 65.8 Å². The van der Waals surface area contributed by atoms with Gasteiger partial charge in [-0.15, -0.1) is 0 Å². The highest BCUT2D eigenvalue weighted by molar-refractivity contribution is 7.92. The maximum atomic E-state index is 15.4. The van der Waals surface area contributed by atoms with E-state index in [0.29, 0.717) is 22.4 Å². The highest BCUT2D eigenvalue weighted by atomic mass is 35.5. The maximum Gasteiger partial charge on any atom is 0.263 e. The molecule has 0 amide bonds. The third-order valence-corrected chi connectivity index (χ3v) is 7.17. The lowest BCUT2D eigenvalue weighted by atomic mass is 10.0. The zero-order valence-electron chi connectivity index (χ0n) is 16.9. The molecule has 0 aliphatic heterocycles. The third kappa shape index (κ3) is 3.89. The van der Waals surface area contributed by atoms with Crippen molar-refractivity contribution in [3.8, 4) is 22.6 Å². The SMILES string of the molecule is O=S(=O)(Nc1ccc(F)c(-c2ccc3c(-c4ncc[nH]4)n[nH]c3c2)c1F)c1cc(Cl)ccc1Cl. The second-order valence-electron chi connectivity index (χ2n) is 7.23. The molecule has 0 spiro atoms. The summed E-state index contributed by atoms with van der Waals surface area (Å²) in [5.74, 6) is -1.43. The number of imidazole rings is 1. The van der Waals surface area contributed by atoms with Gasteiger partial charge < -0.3 is 4.98 Å². The molecule has 0 bridgehead atoms. The fourth-order valence-electron chi connectivity index (χ4n) is 3.53. The van der Waals surface area contributed by atoms with Crippen LogP contribution in [0.3, 0.4) is 0 Å². The number of rotatable bonds is 5. The van der Waals surface area contributed by atoms with E-state index in [9.17, 15) is 12.8 Å². The van der Waals surface area contributed by atoms with Crippen LogP contribution in [-0.4, -0.2) is 28.6 Å². The lowest BCUT2D eigenvalue weighted by Crippen LogP contribution is -2.15. The molecule has 0 fully saturated rings. The zero-order valence-corrected chi connectivity index (χ0v) is 19.2. The Kier molecular flexibility index (Phi) is 5.51. The summed E-state index contributed by atoms with van der Waals surface area (Å²) < 4.78 is 57.9. The van der Waals surface area contributed by atoms with Crippen LogP contribution in [0.5, 0.6) is 0 Å². The molecule has 0 atom stereocenters. The van der Waals surface area contributed by atoms with E-state index in [-0.39, 0.29) is 20.5 Å². The molecule has 0 aliphatic carbocycles. The Morgan fingerprint density at radius 1 is 1.00 bits per heavy atom. The minimum Gasteiger partial charge on any atom is -0.343 e. The molecule has 3 aromatic carbocycles. The van der Waals surface area contributed by atoms with Crippen LogP contribution in [0, 0.1) is 11.6 Å². The Morgan fingerprint density at radius 3 is 2.59 bits per heavy atom. The number of sulfonamides is 1. The lowest BCUT2D eigenvalue weighted by Gasteiger charge is -2.13. The number of H-pyrrole nitrogens is 2. The number of halogens is 4. The van der Waals surface area contributed by atoms with E-state index in [1.54, 1.807) is 18.5 Å². The third-order valence-electron chi connectivity index (χ3n) is 5.09. The van der Waals surface area contributed by atoms with Gasteiger partial charge in [-0.1, -0.05) is 29.3 Å². The number of fused-ring (bicyclic) bond motifs is 1. The molecule has 2 heterocycles. The summed E-state index contributed by atoms with van der Waals surface area (Å²) in [5, 5.41) is 7.75. The van der Waals surface area contributed by atoms with Crippen LogP contribution in [0.25, 0.3) is 33.5 Å². The molecule has 34 heavy (non-hydrogen) atoms. The van der Waals surface area contributed by atoms with Gasteiger partial charge >= 0.3 is 0 Å². The van der Waals surface area contributed by atoms with Crippen molar-refractivity contribution in [2.75, 3.05) is 4.72 Å². The van der Waals surface area contributed by atoms with E-state index >= 15 is 4.39 Å². The summed E-state index contributed by atoms with van der Waals surface area (Å²) in [4.78, 5) is 6.77. The fourth-order valence-corrected chi connectivity index (χ4v) is 5.35. The van der Waals surface area contributed by atoms with Crippen LogP contribution in [0.2, 0.25) is 10.0 Å². The first kappa shape index (κ1) is 22.3. The molecule has 12 heteroatoms. The number of nitrogens with one attached hydrogen (secondary N) is 3. The summed E-state index contributed by atoms with van der Waals surface area (Å²) in [6.07, 6.45) is 3.23. The maximum absolute atomic E-state index is 15.4. The van der Waals surface area contributed by atoms with Crippen molar-refractivity contribution in [2.45, 2.75) is 4.90 Å². The monoisotopic (exact) mass is 519 g/mol. The van der Waals surface area contributed by atoms with Crippen LogP contribution in [0.1, 0.15) is 0 Å². The summed E-state index contributed by atoms with van der Waals surface area (Å²) in [7, 11) is -4.31. The van der Waals surface area contributed by atoms with Gasteiger partial charge in [-0.2, -0.15) is 5.10 Å². The van der Waals surface area contributed by atoms with Crippen molar-refractivity contribution in [3.05, 3.63) is 82.6 Å². The summed E-state index contributed by atoms with van der Waals surface area (Å²) in [6.45, 7) is 0. The van der Waals surface area contributed by atoms with E-state index < -0.39 is 32.9 Å². The van der Waals surface area contributed by atoms with Gasteiger partial charge in [0.25, 0.3) is 10.0 Å². The first-order valence-electron chi connectivity index (χ1n) is 9.69. The first-order chi connectivity index (χ1) is 16.2. The van der Waals surface area contributed by atoms with Crippen LogP contribution >= 0.6 is 23.2 Å². The van der Waals surface area contributed by atoms with E-state index in [4.69, 9.17) is 23.2 Å². The molecule has 5 aromatic rings. The predicted molar refractivity (Wildman–Crippen MR) is 126 cm³/mol. The number of benzene rings is 3. The van der Waals surface area contributed by atoms with Crippen LogP contribution < -0.4 is 4.72 Å². The Labute approximate surface area is 201 Å². The van der Waals surface area contributed by atoms with Crippen molar-refractivity contribution < 1.29 is 17.2 Å². The number of nitrogens with zero attached hydrogens (tertiary/aromatic N) is 2. The molecule has 0 aliphatic rings. The molecule has 0 saturated carbocycles. The van der Waals surface area contributed by atoms with E-state index in [1.165, 1.54) is 24.3 Å². The van der Waals surface area contributed by atoms with Gasteiger partial charge in [-0.25, -0.2) is 22.2 Å². The minimum absolute atomic E-state index is 0.100. The van der Waals surface area contributed by atoms with Crippen molar-refractivity contribution in [1.82, 2.24) is 20.2 Å². The van der Waals surface area contributed by atoms with Crippen molar-refractivity contribution in [1.29, 1.82) is 0 Å². The zero-order chi connectivity index (χ0) is 24.0. The van der Waals surface area contributed by atoms with Gasteiger partial charge in [0.2, 0.25) is 0 Å². The standard InChI is InChI=1S/C22H13Cl2F2N5O2S/c23-12-2-4-14(24)18(10-12)34(32,33)31-16-6-5-15(25)19(20(16)26)11-1-3-13-17(9-11)29-30-21(13)22-27-7-8-28-22/h1-10,31H,(H,27,28)(H,29,30). The molecular weight excluding hydrogens is 507 g/mol. The second kappa shape index (κ2) is 8.39. The van der Waals surface area contributed by atoms with Crippen molar-refractivity contribution in [3.63, 3.8) is 0 Å². The highest BCUT2D eigenvalue weighted by Gasteiger charge is 2.23. The predicted octanol–water partition coefficient (Wildman–Crippen LogP) is 6.01. The number of hydrogen-bond donors (Lipinski definition) is 3. The van der Waals surface area contributed by atoms with Gasteiger partial charge in [-0.3, -0.25) is 9.82 Å². The molecule has 5 rings (SSSR count). The Bertz CT molecular complexity index is 1650. The number of anilines is 1. The molecule has 0 unspecified atom stereocenters. The van der Waals surface area contributed by atoms with E-state index in [0.717, 1.165) is 18.2 Å². The average Bonchev–Trinajstić information content (AvgIpc) is 3.47. The van der Waals surface area contributed by atoms with E-state index in [1.807, 2.05) is 0 Å². The molecular formula is C22H13Cl2F2N5O2S. The Morgan fingerprint density at radius 2 is 1.82 bits per heavy atom. The minimum atomic E-state index is -4.31. The summed E-state index contributed by atoms with van der Waals surface area (Å²) in [5.41, 5.74) is 0.382. The van der Waals surface area contributed by atoms with Gasteiger partial charge in [-0.05, 0) is 48.0 Å². The quantitative estimate of drug-likeness (QED) is 0.264. The van der Waals surface area contributed by atoms with Gasteiger partial charge in [0.15, 0.2) is 11.6 Å². The molecule has 0 saturated heterocycles. The number of aromatic nitrogens is 4. The topological polar surface area (TPSA) is 104 Å².